The third-order valence-corrected chi connectivity index (χ3v) is 3.07. The summed E-state index contributed by atoms with van der Waals surface area (Å²) in [7, 11) is 1.94. The summed E-state index contributed by atoms with van der Waals surface area (Å²) in [5.41, 5.74) is 6.57. The Morgan fingerprint density at radius 2 is 2.41 bits per heavy atom. The number of carbonyl (C=O) groups is 1. The van der Waals surface area contributed by atoms with E-state index in [1.165, 1.54) is 0 Å². The fourth-order valence-corrected chi connectivity index (χ4v) is 2.08. The largest absolute Gasteiger partial charge is 0.488 e. The zero-order valence-corrected chi connectivity index (χ0v) is 9.72. The Labute approximate surface area is 99.8 Å². The van der Waals surface area contributed by atoms with Crippen LogP contribution in [0.5, 0.6) is 5.75 Å². The summed E-state index contributed by atoms with van der Waals surface area (Å²) in [6.45, 7) is 1.07. The number of benzene rings is 1. The zero-order valence-electron chi connectivity index (χ0n) is 9.72. The normalized spacial score (nSPS) is 18.5. The van der Waals surface area contributed by atoms with Gasteiger partial charge in [-0.05, 0) is 25.1 Å². The highest BCUT2D eigenvalue weighted by atomic mass is 16.5. The summed E-state index contributed by atoms with van der Waals surface area (Å²) < 4.78 is 5.57. The van der Waals surface area contributed by atoms with Crippen LogP contribution in [0.4, 0.5) is 5.69 Å². The topological polar surface area (TPSA) is 75.8 Å². The third-order valence-electron chi connectivity index (χ3n) is 3.07. The van der Waals surface area contributed by atoms with Crippen molar-refractivity contribution in [3.63, 3.8) is 0 Å². The molecule has 0 fully saturated rings. The predicted molar refractivity (Wildman–Crippen MR) is 64.8 cm³/mol. The summed E-state index contributed by atoms with van der Waals surface area (Å²) >= 11 is 0. The molecule has 1 aromatic carbocycles. The second kappa shape index (κ2) is 4.63. The summed E-state index contributed by atoms with van der Waals surface area (Å²) in [6, 6.07) is 5.35. The monoisotopic (exact) mass is 236 g/mol. The van der Waals surface area contributed by atoms with Gasteiger partial charge in [0.05, 0.1) is 11.7 Å². The van der Waals surface area contributed by atoms with Gasteiger partial charge in [-0.3, -0.25) is 0 Å². The molecule has 0 amide bonds. The van der Waals surface area contributed by atoms with Crippen LogP contribution < -0.4 is 15.4 Å². The number of para-hydroxylation sites is 1. The Hall–Kier alpha value is -1.75. The van der Waals surface area contributed by atoms with Gasteiger partial charge in [-0.2, -0.15) is 0 Å². The highest BCUT2D eigenvalue weighted by Crippen LogP contribution is 2.36. The maximum atomic E-state index is 11.1. The van der Waals surface area contributed by atoms with Crippen molar-refractivity contribution in [1.82, 2.24) is 0 Å². The molecule has 1 unspecified atom stereocenters. The van der Waals surface area contributed by atoms with E-state index in [9.17, 15) is 4.79 Å². The molecule has 0 aromatic heterocycles. The molecule has 3 N–H and O–H groups in total. The van der Waals surface area contributed by atoms with Gasteiger partial charge in [-0.1, -0.05) is 6.07 Å². The SMILES string of the molecule is CN1c2cccc(C(=O)O)c2OCC1CCN. The van der Waals surface area contributed by atoms with E-state index in [0.717, 1.165) is 12.1 Å². The van der Waals surface area contributed by atoms with Crippen LogP contribution in [-0.4, -0.2) is 37.3 Å². The van der Waals surface area contributed by atoms with Gasteiger partial charge >= 0.3 is 5.97 Å². The van der Waals surface area contributed by atoms with Gasteiger partial charge in [-0.15, -0.1) is 0 Å². The van der Waals surface area contributed by atoms with Crippen LogP contribution in [0.1, 0.15) is 16.8 Å². The van der Waals surface area contributed by atoms with Crippen LogP contribution in [0, 0.1) is 0 Å². The van der Waals surface area contributed by atoms with Crippen molar-refractivity contribution in [3.8, 4) is 5.75 Å². The summed E-state index contributed by atoms with van der Waals surface area (Å²) in [5, 5.41) is 9.08. The number of nitrogens with zero attached hydrogens (tertiary/aromatic N) is 1. The van der Waals surface area contributed by atoms with Gasteiger partial charge in [0, 0.05) is 7.05 Å². The first-order chi connectivity index (χ1) is 8.15. The van der Waals surface area contributed by atoms with Crippen molar-refractivity contribution < 1.29 is 14.6 Å². The fraction of sp³-hybridized carbons (Fsp3) is 0.417. The lowest BCUT2D eigenvalue weighted by atomic mass is 10.1. The molecular formula is C12H16N2O3. The standard InChI is InChI=1S/C12H16N2O3/c1-14-8(5-6-13)7-17-11-9(12(15)16)3-2-4-10(11)14/h2-4,8H,5-7,13H2,1H3,(H,15,16). The minimum Gasteiger partial charge on any atom is -0.488 e. The van der Waals surface area contributed by atoms with E-state index in [2.05, 4.69) is 0 Å². The highest BCUT2D eigenvalue weighted by Gasteiger charge is 2.27. The Kier molecular flexibility index (Phi) is 3.19. The van der Waals surface area contributed by atoms with Gasteiger partial charge in [-0.25, -0.2) is 4.79 Å². The third kappa shape index (κ3) is 2.06. The molecule has 0 spiro atoms. The van der Waals surface area contributed by atoms with Crippen LogP contribution >= 0.6 is 0 Å². The van der Waals surface area contributed by atoms with Gasteiger partial charge in [0.15, 0.2) is 5.75 Å². The fourth-order valence-electron chi connectivity index (χ4n) is 2.08. The molecule has 5 heteroatoms. The van der Waals surface area contributed by atoms with Crippen LogP contribution in [0.15, 0.2) is 18.2 Å². The molecule has 5 nitrogen and oxygen atoms in total. The van der Waals surface area contributed by atoms with E-state index in [1.54, 1.807) is 12.1 Å². The second-order valence-electron chi connectivity index (χ2n) is 4.11. The lowest BCUT2D eigenvalue weighted by Crippen LogP contribution is -2.42. The molecule has 1 aromatic rings. The molecular weight excluding hydrogens is 220 g/mol. The molecule has 17 heavy (non-hydrogen) atoms. The molecule has 1 aliphatic rings. The Bertz CT molecular complexity index is 434. The lowest BCUT2D eigenvalue weighted by molar-refractivity contribution is 0.0691. The zero-order chi connectivity index (χ0) is 12.4. The van der Waals surface area contributed by atoms with E-state index in [-0.39, 0.29) is 11.6 Å². The van der Waals surface area contributed by atoms with E-state index < -0.39 is 5.97 Å². The highest BCUT2D eigenvalue weighted by molar-refractivity contribution is 5.93. The molecule has 2 rings (SSSR count). The smallest absolute Gasteiger partial charge is 0.339 e. The van der Waals surface area contributed by atoms with E-state index in [1.807, 2.05) is 18.0 Å². The van der Waals surface area contributed by atoms with E-state index >= 15 is 0 Å². The van der Waals surface area contributed by atoms with Crippen molar-refractivity contribution in [3.05, 3.63) is 23.8 Å². The maximum Gasteiger partial charge on any atom is 0.339 e. The first-order valence-corrected chi connectivity index (χ1v) is 5.57. The number of carboxylic acid groups (broad SMARTS) is 1. The minimum atomic E-state index is -0.965. The number of nitrogens with two attached hydrogens (primary N) is 1. The molecule has 0 saturated heterocycles. The summed E-state index contributed by atoms with van der Waals surface area (Å²) in [4.78, 5) is 13.1. The molecule has 0 radical (unpaired) electrons. The quantitative estimate of drug-likeness (QED) is 0.816. The van der Waals surface area contributed by atoms with Crippen molar-refractivity contribution in [2.45, 2.75) is 12.5 Å². The molecule has 1 aliphatic heterocycles. The van der Waals surface area contributed by atoms with Gasteiger partial charge in [0.2, 0.25) is 0 Å². The molecule has 0 saturated carbocycles. The van der Waals surface area contributed by atoms with Crippen molar-refractivity contribution in [2.75, 3.05) is 25.1 Å². The molecule has 0 aliphatic carbocycles. The lowest BCUT2D eigenvalue weighted by Gasteiger charge is -2.36. The van der Waals surface area contributed by atoms with E-state index in [4.69, 9.17) is 15.6 Å². The van der Waals surface area contributed by atoms with Crippen LogP contribution in [0.2, 0.25) is 0 Å². The first-order valence-electron chi connectivity index (χ1n) is 5.57. The van der Waals surface area contributed by atoms with Gasteiger partial charge in [0.25, 0.3) is 0 Å². The van der Waals surface area contributed by atoms with Crippen molar-refractivity contribution in [1.29, 1.82) is 0 Å². The maximum absolute atomic E-state index is 11.1. The Morgan fingerprint density at radius 3 is 3.06 bits per heavy atom. The van der Waals surface area contributed by atoms with Crippen LogP contribution in [0.3, 0.4) is 0 Å². The van der Waals surface area contributed by atoms with E-state index in [0.29, 0.717) is 18.9 Å². The average Bonchev–Trinajstić information content (AvgIpc) is 2.32. The number of carboxylic acids is 1. The molecule has 1 atom stereocenters. The number of rotatable bonds is 3. The molecule has 1 heterocycles. The number of ether oxygens (including phenoxy) is 1. The molecule has 92 valence electrons. The predicted octanol–water partition coefficient (Wildman–Crippen LogP) is 0.931. The number of aromatic carboxylic acids is 1. The summed E-state index contributed by atoms with van der Waals surface area (Å²) in [5.74, 6) is -0.511. The minimum absolute atomic E-state index is 0.205. The number of anilines is 1. The molecule has 0 bridgehead atoms. The second-order valence-corrected chi connectivity index (χ2v) is 4.11. The Balaban J connectivity index is 2.37. The number of hydrogen-bond donors (Lipinski definition) is 2. The number of likely N-dealkylation sites (N-methyl/N-ethyl adjacent to an activating group) is 1. The Morgan fingerprint density at radius 1 is 1.65 bits per heavy atom. The van der Waals surface area contributed by atoms with Crippen LogP contribution in [-0.2, 0) is 0 Å². The van der Waals surface area contributed by atoms with Gasteiger partial charge in [0.1, 0.15) is 12.2 Å². The number of fused-ring (bicyclic) bond motifs is 1. The number of hydrogen-bond acceptors (Lipinski definition) is 4. The van der Waals surface area contributed by atoms with Gasteiger partial charge < -0.3 is 20.5 Å². The average molecular weight is 236 g/mol. The first kappa shape index (κ1) is 11.7. The van der Waals surface area contributed by atoms with Crippen molar-refractivity contribution >= 4 is 11.7 Å². The van der Waals surface area contributed by atoms with Crippen LogP contribution in [0.25, 0.3) is 0 Å². The summed E-state index contributed by atoms with van der Waals surface area (Å²) in [6.07, 6.45) is 0.827. The van der Waals surface area contributed by atoms with Crippen molar-refractivity contribution in [2.24, 2.45) is 5.73 Å².